The third kappa shape index (κ3) is 3.00. The minimum absolute atomic E-state index is 0.196. The predicted octanol–water partition coefficient (Wildman–Crippen LogP) is 2.55. The third-order valence-electron chi connectivity index (χ3n) is 5.18. The molecule has 0 radical (unpaired) electrons. The van der Waals surface area contributed by atoms with Crippen LogP contribution < -0.4 is 5.32 Å². The van der Waals surface area contributed by atoms with Crippen LogP contribution in [0.5, 0.6) is 0 Å². The lowest BCUT2D eigenvalue weighted by Gasteiger charge is -2.43. The molecule has 0 saturated carbocycles. The van der Waals surface area contributed by atoms with Crippen LogP contribution in [0.1, 0.15) is 30.0 Å². The van der Waals surface area contributed by atoms with Crippen molar-refractivity contribution in [1.29, 1.82) is 0 Å². The molecule has 2 fully saturated rings. The summed E-state index contributed by atoms with van der Waals surface area (Å²) in [6.45, 7) is 5.16. The van der Waals surface area contributed by atoms with Crippen molar-refractivity contribution in [3.63, 3.8) is 0 Å². The number of carboxylic acid groups (broad SMARTS) is 1. The second-order valence-corrected chi connectivity index (χ2v) is 9.67. The van der Waals surface area contributed by atoms with Gasteiger partial charge in [0.25, 0.3) is 5.91 Å². The molecule has 3 unspecified atom stereocenters. The van der Waals surface area contributed by atoms with Gasteiger partial charge < -0.3 is 19.8 Å². The summed E-state index contributed by atoms with van der Waals surface area (Å²) in [4.78, 5) is 38.6. The molecule has 2 N–H and O–H groups in total. The number of aryl methyl sites for hydroxylation is 1. The highest BCUT2D eigenvalue weighted by Gasteiger charge is 2.64. The number of rotatable bonds is 4. The summed E-state index contributed by atoms with van der Waals surface area (Å²) in [6, 6.07) is 5.18. The minimum atomic E-state index is -1.06. The Kier molecular flexibility index (Phi) is 4.62. The molecule has 2 aromatic rings. The molecule has 0 aliphatic carbocycles. The van der Waals surface area contributed by atoms with Gasteiger partial charge in [0, 0.05) is 10.3 Å². The zero-order valence-corrected chi connectivity index (χ0v) is 17.4. The zero-order valence-electron chi connectivity index (χ0n) is 15.8. The van der Waals surface area contributed by atoms with E-state index in [9.17, 15) is 19.5 Å². The Morgan fingerprint density at radius 3 is 2.69 bits per heavy atom. The number of hydrogen-bond acceptors (Lipinski definition) is 6. The Morgan fingerprint density at radius 2 is 2.03 bits per heavy atom. The van der Waals surface area contributed by atoms with E-state index in [1.165, 1.54) is 16.7 Å². The van der Waals surface area contributed by atoms with Gasteiger partial charge in [-0.3, -0.25) is 9.59 Å². The lowest BCUT2D eigenvalue weighted by Crippen LogP contribution is -2.70. The highest BCUT2D eigenvalue weighted by Crippen LogP contribution is 2.50. The normalized spacial score (nSPS) is 24.8. The lowest BCUT2D eigenvalue weighted by atomic mass is 9.96. The number of thioether (sulfide) groups is 1. The second kappa shape index (κ2) is 6.77. The fraction of sp³-hybridized carbons (Fsp3) is 0.368. The summed E-state index contributed by atoms with van der Waals surface area (Å²) >= 11 is 7.59. The van der Waals surface area contributed by atoms with E-state index >= 15 is 0 Å². The molecule has 2 aliphatic rings. The van der Waals surface area contributed by atoms with Crippen molar-refractivity contribution in [2.75, 3.05) is 0 Å². The molecule has 0 bridgehead atoms. The molecular formula is C19H18ClN3O5S. The Hall–Kier alpha value is -2.52. The van der Waals surface area contributed by atoms with Gasteiger partial charge in [-0.25, -0.2) is 4.79 Å². The van der Waals surface area contributed by atoms with Crippen LogP contribution in [0.15, 0.2) is 28.8 Å². The van der Waals surface area contributed by atoms with Crippen molar-refractivity contribution in [2.24, 2.45) is 0 Å². The number of nitrogens with one attached hydrogen (secondary N) is 1. The second-order valence-electron chi connectivity index (χ2n) is 7.49. The van der Waals surface area contributed by atoms with E-state index in [1.807, 2.05) is 0 Å². The van der Waals surface area contributed by atoms with Crippen LogP contribution in [0, 0.1) is 6.92 Å². The van der Waals surface area contributed by atoms with Gasteiger partial charge in [-0.15, -0.1) is 11.8 Å². The van der Waals surface area contributed by atoms with Gasteiger partial charge in [-0.1, -0.05) is 35.0 Å². The van der Waals surface area contributed by atoms with Crippen molar-refractivity contribution >= 4 is 41.1 Å². The molecule has 3 heterocycles. The number of carboxylic acids is 1. The van der Waals surface area contributed by atoms with Crippen LogP contribution in [-0.2, 0) is 9.59 Å². The Bertz CT molecular complexity index is 1040. The first-order valence-electron chi connectivity index (χ1n) is 8.88. The van der Waals surface area contributed by atoms with E-state index in [1.54, 1.807) is 45.0 Å². The fourth-order valence-corrected chi connectivity index (χ4v) is 5.69. The maximum absolute atomic E-state index is 13.0. The zero-order chi connectivity index (χ0) is 21.1. The third-order valence-corrected chi connectivity index (χ3v) is 7.08. The van der Waals surface area contributed by atoms with Gasteiger partial charge in [-0.05, 0) is 26.8 Å². The van der Waals surface area contributed by atoms with E-state index in [4.69, 9.17) is 16.1 Å². The molecule has 3 atom stereocenters. The summed E-state index contributed by atoms with van der Waals surface area (Å²) in [5.74, 6) is -1.70. The number of aromatic nitrogens is 1. The number of halogens is 1. The molecule has 2 amide bonds. The number of fused-ring (bicyclic) bond motifs is 1. The van der Waals surface area contributed by atoms with E-state index in [2.05, 4.69) is 10.5 Å². The number of carbonyl (C=O) groups excluding carboxylic acids is 2. The molecule has 1 aromatic heterocycles. The number of carbonyl (C=O) groups is 3. The first-order valence-corrected chi connectivity index (χ1v) is 10.1. The molecule has 152 valence electrons. The lowest BCUT2D eigenvalue weighted by molar-refractivity contribution is -0.159. The Balaban J connectivity index is 1.60. The van der Waals surface area contributed by atoms with Gasteiger partial charge in [0.15, 0.2) is 0 Å². The van der Waals surface area contributed by atoms with E-state index in [0.717, 1.165) is 0 Å². The fourth-order valence-electron chi connectivity index (χ4n) is 3.84. The average molecular weight is 440 g/mol. The topological polar surface area (TPSA) is 113 Å². The van der Waals surface area contributed by atoms with Gasteiger partial charge in [0.2, 0.25) is 5.91 Å². The first-order chi connectivity index (χ1) is 13.6. The predicted molar refractivity (Wildman–Crippen MR) is 107 cm³/mol. The Morgan fingerprint density at radius 1 is 1.34 bits per heavy atom. The summed E-state index contributed by atoms with van der Waals surface area (Å²) in [6.07, 6.45) is 0. The standard InChI is InChI=1S/C19H18ClN3O5S/c1-8-11(12(22-28-8)9-6-4-5-7-10(9)20)15(24)21-13-16(25)23-14(18(26)27)19(2,3)29-17(13)23/h4-7,13-14,17H,1-3H3,(H,21,24)(H,26,27)/i1+1,8+1,11+1,15+1. The molecule has 29 heavy (non-hydrogen) atoms. The van der Waals surface area contributed by atoms with Crippen LogP contribution in [0.4, 0.5) is 0 Å². The molecule has 4 rings (SSSR count). The number of benzene rings is 1. The number of β-lactam (4-membered cyclic amide) rings is 1. The number of nitrogens with zero attached hydrogens (tertiary/aromatic N) is 2. The molecule has 10 heteroatoms. The molecule has 1 aromatic carbocycles. The molecule has 0 spiro atoms. The van der Waals surface area contributed by atoms with Crippen molar-refractivity contribution in [2.45, 2.75) is 43.0 Å². The average Bonchev–Trinajstić information content (AvgIpc) is 3.15. The van der Waals surface area contributed by atoms with E-state index < -0.39 is 40.0 Å². The Labute approximate surface area is 175 Å². The molecule has 2 saturated heterocycles. The maximum atomic E-state index is 13.0. The van der Waals surface area contributed by atoms with Crippen molar-refractivity contribution in [1.82, 2.24) is 15.4 Å². The molecular weight excluding hydrogens is 422 g/mol. The van der Waals surface area contributed by atoms with Crippen LogP contribution >= 0.6 is 23.4 Å². The largest absolute Gasteiger partial charge is 0.480 e. The summed E-state index contributed by atoms with van der Waals surface area (Å²) in [5, 5.41) is 16.2. The highest BCUT2D eigenvalue weighted by molar-refractivity contribution is 8.01. The summed E-state index contributed by atoms with van der Waals surface area (Å²) < 4.78 is 4.54. The molecule has 8 nitrogen and oxygen atoms in total. The quantitative estimate of drug-likeness (QED) is 0.556. The van der Waals surface area contributed by atoms with Gasteiger partial charge in [0.1, 0.15) is 34.5 Å². The van der Waals surface area contributed by atoms with Crippen LogP contribution in [0.2, 0.25) is 5.02 Å². The van der Waals surface area contributed by atoms with Crippen LogP contribution in [-0.4, -0.2) is 55.2 Å². The van der Waals surface area contributed by atoms with E-state index in [0.29, 0.717) is 16.3 Å². The number of hydrogen-bond donors (Lipinski definition) is 2. The first kappa shape index (κ1) is 19.8. The highest BCUT2D eigenvalue weighted by atomic mass is 35.5. The summed E-state index contributed by atoms with van der Waals surface area (Å²) in [7, 11) is 0. The number of amides is 2. The van der Waals surface area contributed by atoms with E-state index in [-0.39, 0.29) is 11.3 Å². The minimum Gasteiger partial charge on any atom is -0.480 e. The van der Waals surface area contributed by atoms with Gasteiger partial charge in [-0.2, -0.15) is 0 Å². The van der Waals surface area contributed by atoms with Crippen LogP contribution in [0.25, 0.3) is 11.3 Å². The monoisotopic (exact) mass is 439 g/mol. The van der Waals surface area contributed by atoms with Crippen molar-refractivity contribution in [3.05, 3.63) is 40.6 Å². The molecule has 2 aliphatic heterocycles. The van der Waals surface area contributed by atoms with Gasteiger partial charge >= 0.3 is 5.97 Å². The van der Waals surface area contributed by atoms with Crippen LogP contribution in [0.3, 0.4) is 0 Å². The summed E-state index contributed by atoms with van der Waals surface area (Å²) in [5.41, 5.74) is 1.03. The maximum Gasteiger partial charge on any atom is 0.327 e. The number of aliphatic carboxylic acids is 1. The van der Waals surface area contributed by atoms with Crippen molar-refractivity contribution in [3.8, 4) is 11.3 Å². The SMILES string of the molecule is CC1(C)SC2C(N[13C](=O)[13c]3c(-c4ccccc4Cl)no[13c]3[13CH3])C(=O)N2C1C(=O)O. The smallest absolute Gasteiger partial charge is 0.327 e. The van der Waals surface area contributed by atoms with Gasteiger partial charge in [0.05, 0.1) is 5.02 Å². The van der Waals surface area contributed by atoms with Crippen molar-refractivity contribution < 1.29 is 24.0 Å².